The molecule has 1 aromatic heterocycles. The van der Waals surface area contributed by atoms with E-state index < -0.39 is 11.6 Å². The Morgan fingerprint density at radius 1 is 1.17 bits per heavy atom. The number of aromatic nitrogens is 1. The first-order valence-electron chi connectivity index (χ1n) is 10.5. The number of phenols is 1. The fourth-order valence-corrected chi connectivity index (χ4v) is 3.78. The molecule has 4 nitrogen and oxygen atoms in total. The number of nitrogens with one attached hydrogen (secondary N) is 1. The van der Waals surface area contributed by atoms with Crippen LogP contribution in [0.25, 0.3) is 22.0 Å². The Bertz CT molecular complexity index is 1020. The van der Waals surface area contributed by atoms with Crippen molar-refractivity contribution < 1.29 is 9.50 Å². The summed E-state index contributed by atoms with van der Waals surface area (Å²) in [6, 6.07) is 9.14. The Balaban J connectivity index is 2.02. The van der Waals surface area contributed by atoms with Gasteiger partial charge in [0, 0.05) is 29.4 Å². The lowest BCUT2D eigenvalue weighted by Gasteiger charge is -2.21. The van der Waals surface area contributed by atoms with Crippen LogP contribution >= 0.6 is 11.6 Å². The van der Waals surface area contributed by atoms with Crippen LogP contribution in [0.3, 0.4) is 0 Å². The molecule has 0 spiro atoms. The minimum Gasteiger partial charge on any atom is -0.504 e. The number of phenolic OH excluding ortho intramolecular Hbond substituents is 1. The van der Waals surface area contributed by atoms with Gasteiger partial charge in [-0.2, -0.15) is 0 Å². The van der Waals surface area contributed by atoms with E-state index in [1.54, 1.807) is 6.07 Å². The van der Waals surface area contributed by atoms with Gasteiger partial charge in [0.05, 0.1) is 10.5 Å². The number of fused-ring (bicyclic) bond motifs is 1. The van der Waals surface area contributed by atoms with Crippen molar-refractivity contribution in [2.75, 3.05) is 5.32 Å². The topological polar surface area (TPSA) is 71.2 Å². The maximum Gasteiger partial charge on any atom is 0.170 e. The molecule has 0 bridgehead atoms. The van der Waals surface area contributed by atoms with Gasteiger partial charge in [0.15, 0.2) is 11.6 Å². The van der Waals surface area contributed by atoms with E-state index in [2.05, 4.69) is 31.1 Å². The molecule has 0 saturated heterocycles. The van der Waals surface area contributed by atoms with Gasteiger partial charge in [-0.25, -0.2) is 4.39 Å². The van der Waals surface area contributed by atoms with Crippen LogP contribution in [-0.4, -0.2) is 22.2 Å². The Morgan fingerprint density at radius 3 is 2.60 bits per heavy atom. The van der Waals surface area contributed by atoms with Gasteiger partial charge in [0.1, 0.15) is 0 Å². The maximum absolute atomic E-state index is 14.0. The highest BCUT2D eigenvalue weighted by Crippen LogP contribution is 2.35. The molecule has 0 aliphatic carbocycles. The number of aromatic hydroxyl groups is 1. The molecule has 2 aromatic carbocycles. The van der Waals surface area contributed by atoms with E-state index in [9.17, 15) is 9.50 Å². The fraction of sp³-hybridized carbons (Fsp3) is 0.375. The highest BCUT2D eigenvalue weighted by Gasteiger charge is 2.14. The minimum atomic E-state index is -0.739. The summed E-state index contributed by atoms with van der Waals surface area (Å²) < 4.78 is 14.0. The van der Waals surface area contributed by atoms with Gasteiger partial charge in [-0.1, -0.05) is 31.5 Å². The molecule has 0 aliphatic heterocycles. The molecule has 3 rings (SSSR count). The molecule has 0 saturated carbocycles. The van der Waals surface area contributed by atoms with Crippen LogP contribution in [0.15, 0.2) is 36.5 Å². The molecular weight excluding hydrogens is 401 g/mol. The zero-order valence-corrected chi connectivity index (χ0v) is 18.4. The summed E-state index contributed by atoms with van der Waals surface area (Å²) in [4.78, 5) is 4.59. The largest absolute Gasteiger partial charge is 0.504 e. The average molecular weight is 430 g/mol. The van der Waals surface area contributed by atoms with Gasteiger partial charge in [-0.05, 0) is 73.6 Å². The summed E-state index contributed by atoms with van der Waals surface area (Å²) in [6.45, 7) is 6.37. The van der Waals surface area contributed by atoms with Crippen molar-refractivity contribution in [2.45, 2.75) is 58.5 Å². The monoisotopic (exact) mass is 429 g/mol. The average Bonchev–Trinajstić information content (AvgIpc) is 2.75. The number of aryl methyl sites for hydroxylation is 1. The van der Waals surface area contributed by atoms with Crippen LogP contribution in [-0.2, 0) is 6.42 Å². The first-order chi connectivity index (χ1) is 14.3. The van der Waals surface area contributed by atoms with Gasteiger partial charge in [-0.15, -0.1) is 0 Å². The van der Waals surface area contributed by atoms with Gasteiger partial charge in [0.2, 0.25) is 0 Å². The normalized spacial score (nSPS) is 13.4. The van der Waals surface area contributed by atoms with Gasteiger partial charge >= 0.3 is 0 Å². The Labute approximate surface area is 182 Å². The third-order valence-corrected chi connectivity index (χ3v) is 5.85. The van der Waals surface area contributed by atoms with Crippen molar-refractivity contribution in [1.29, 1.82) is 0 Å². The predicted molar refractivity (Wildman–Crippen MR) is 124 cm³/mol. The SMILES string of the molecule is CCc1cnc2ccc(-c3cc(F)c(O)c(Cl)c3)cc2c1NC(C)CCC(N)CC. The molecular formula is C24H29ClFN3O. The van der Waals surface area contributed by atoms with Crippen LogP contribution < -0.4 is 11.1 Å². The van der Waals surface area contributed by atoms with Crippen LogP contribution in [0, 0.1) is 5.82 Å². The molecule has 2 atom stereocenters. The fourth-order valence-electron chi connectivity index (χ4n) is 3.57. The highest BCUT2D eigenvalue weighted by molar-refractivity contribution is 6.32. The number of nitrogens with zero attached hydrogens (tertiary/aromatic N) is 1. The lowest BCUT2D eigenvalue weighted by Crippen LogP contribution is -2.23. The van der Waals surface area contributed by atoms with Crippen molar-refractivity contribution in [1.82, 2.24) is 4.98 Å². The highest BCUT2D eigenvalue weighted by atomic mass is 35.5. The van der Waals surface area contributed by atoms with Gasteiger partial charge < -0.3 is 16.2 Å². The summed E-state index contributed by atoms with van der Waals surface area (Å²) in [7, 11) is 0. The molecule has 0 amide bonds. The van der Waals surface area contributed by atoms with Crippen LogP contribution in [0.2, 0.25) is 5.02 Å². The number of benzene rings is 2. The van der Waals surface area contributed by atoms with Crippen LogP contribution in [0.1, 0.15) is 45.6 Å². The van der Waals surface area contributed by atoms with E-state index >= 15 is 0 Å². The second kappa shape index (κ2) is 9.63. The maximum atomic E-state index is 14.0. The van der Waals surface area contributed by atoms with E-state index in [1.807, 2.05) is 24.4 Å². The zero-order valence-electron chi connectivity index (χ0n) is 17.7. The number of hydrogen-bond acceptors (Lipinski definition) is 4. The number of rotatable bonds is 8. The van der Waals surface area contributed by atoms with E-state index in [0.717, 1.165) is 53.4 Å². The molecule has 4 N–H and O–H groups in total. The summed E-state index contributed by atoms with van der Waals surface area (Å²) in [6.07, 6.45) is 5.66. The molecule has 1 heterocycles. The van der Waals surface area contributed by atoms with Crippen molar-refractivity contribution in [3.63, 3.8) is 0 Å². The minimum absolute atomic E-state index is 0.00948. The summed E-state index contributed by atoms with van der Waals surface area (Å²) >= 11 is 5.98. The quantitative estimate of drug-likeness (QED) is 0.394. The second-order valence-corrected chi connectivity index (χ2v) is 8.23. The number of hydrogen-bond donors (Lipinski definition) is 3. The second-order valence-electron chi connectivity index (χ2n) is 7.82. The number of nitrogens with two attached hydrogens (primary N) is 1. The van der Waals surface area contributed by atoms with E-state index in [0.29, 0.717) is 5.56 Å². The van der Waals surface area contributed by atoms with E-state index in [1.165, 1.54) is 6.07 Å². The molecule has 2 unspecified atom stereocenters. The molecule has 30 heavy (non-hydrogen) atoms. The molecule has 0 fully saturated rings. The molecule has 0 aliphatic rings. The molecule has 0 radical (unpaired) electrons. The summed E-state index contributed by atoms with van der Waals surface area (Å²) in [5, 5.41) is 14.3. The Morgan fingerprint density at radius 2 is 1.93 bits per heavy atom. The van der Waals surface area contributed by atoms with Gasteiger partial charge in [0.25, 0.3) is 0 Å². The molecule has 160 valence electrons. The summed E-state index contributed by atoms with van der Waals surface area (Å²) in [5.74, 6) is -1.27. The lowest BCUT2D eigenvalue weighted by molar-refractivity contribution is 0.433. The smallest absolute Gasteiger partial charge is 0.170 e. The summed E-state index contributed by atoms with van der Waals surface area (Å²) in [5.41, 5.74) is 10.5. The lowest BCUT2D eigenvalue weighted by atomic mass is 9.99. The first kappa shape index (κ1) is 22.3. The van der Waals surface area contributed by atoms with Crippen molar-refractivity contribution >= 4 is 28.2 Å². The number of pyridine rings is 1. The van der Waals surface area contributed by atoms with Crippen molar-refractivity contribution in [3.05, 3.63) is 52.9 Å². The van der Waals surface area contributed by atoms with Crippen LogP contribution in [0.4, 0.5) is 10.1 Å². The van der Waals surface area contributed by atoms with Gasteiger partial charge in [-0.3, -0.25) is 4.98 Å². The third kappa shape index (κ3) is 4.85. The Kier molecular flexibility index (Phi) is 7.16. The third-order valence-electron chi connectivity index (χ3n) is 5.56. The van der Waals surface area contributed by atoms with Crippen molar-refractivity contribution in [3.8, 4) is 16.9 Å². The van der Waals surface area contributed by atoms with E-state index in [4.69, 9.17) is 17.3 Å². The molecule has 3 aromatic rings. The van der Waals surface area contributed by atoms with Crippen molar-refractivity contribution in [2.24, 2.45) is 5.73 Å². The zero-order chi connectivity index (χ0) is 21.8. The first-order valence-corrected chi connectivity index (χ1v) is 10.8. The van der Waals surface area contributed by atoms with E-state index in [-0.39, 0.29) is 17.1 Å². The Hall–Kier alpha value is -2.37. The molecule has 6 heteroatoms. The standard InChI is InChI=1S/C24H29ClFN3O/c1-4-15-13-28-22-9-7-16(17-11-20(25)24(30)21(26)12-17)10-19(22)23(15)29-14(3)6-8-18(27)5-2/h7,9-14,18,30H,4-6,8,27H2,1-3H3,(H,28,29). The number of anilines is 1. The van der Waals surface area contributed by atoms with Crippen LogP contribution in [0.5, 0.6) is 5.75 Å². The number of halogens is 2. The predicted octanol–water partition coefficient (Wildman–Crippen LogP) is 6.28.